The number of piperidine rings is 1. The Bertz CT molecular complexity index is 427. The summed E-state index contributed by atoms with van der Waals surface area (Å²) in [5.74, 6) is -0.896. The summed E-state index contributed by atoms with van der Waals surface area (Å²) < 4.78 is 50.7. The third-order valence-electron chi connectivity index (χ3n) is 3.01. The molecule has 19 heavy (non-hydrogen) atoms. The van der Waals surface area contributed by atoms with Crippen molar-refractivity contribution in [1.29, 1.82) is 0 Å². The standard InChI is InChI=1S/C13H15F4NO/c14-12-7-10(6-11(8-12)13(15,16)17)9-19-18-4-2-1-3-5-18/h6-8H,1-5,9H2. The van der Waals surface area contributed by atoms with Gasteiger partial charge in [0.1, 0.15) is 5.82 Å². The summed E-state index contributed by atoms with van der Waals surface area (Å²) in [5.41, 5.74) is -0.789. The molecule has 0 atom stereocenters. The monoisotopic (exact) mass is 277 g/mol. The second-order valence-electron chi connectivity index (χ2n) is 4.61. The van der Waals surface area contributed by atoms with Crippen molar-refractivity contribution in [3.63, 3.8) is 0 Å². The molecule has 1 aromatic rings. The molecule has 1 fully saturated rings. The molecular formula is C13H15F4NO. The lowest BCUT2D eigenvalue weighted by atomic mass is 10.1. The fourth-order valence-electron chi connectivity index (χ4n) is 2.06. The van der Waals surface area contributed by atoms with Crippen LogP contribution in [0.3, 0.4) is 0 Å². The Morgan fingerprint density at radius 3 is 2.37 bits per heavy atom. The zero-order valence-electron chi connectivity index (χ0n) is 10.3. The molecule has 6 heteroatoms. The predicted molar refractivity (Wildman–Crippen MR) is 61.6 cm³/mol. The van der Waals surface area contributed by atoms with Crippen LogP contribution >= 0.6 is 0 Å². The number of rotatable bonds is 3. The van der Waals surface area contributed by atoms with E-state index < -0.39 is 17.6 Å². The summed E-state index contributed by atoms with van der Waals surface area (Å²) in [5, 5.41) is 1.72. The van der Waals surface area contributed by atoms with Crippen molar-refractivity contribution in [2.45, 2.75) is 32.0 Å². The summed E-state index contributed by atoms with van der Waals surface area (Å²) in [6, 6.07) is 2.48. The van der Waals surface area contributed by atoms with E-state index in [9.17, 15) is 17.6 Å². The van der Waals surface area contributed by atoms with E-state index in [4.69, 9.17) is 4.84 Å². The lowest BCUT2D eigenvalue weighted by Crippen LogP contribution is -2.29. The number of hydrogen-bond donors (Lipinski definition) is 0. The minimum Gasteiger partial charge on any atom is -0.294 e. The number of hydroxylamine groups is 2. The number of halogens is 4. The highest BCUT2D eigenvalue weighted by Gasteiger charge is 2.31. The van der Waals surface area contributed by atoms with Gasteiger partial charge in [-0.05, 0) is 36.6 Å². The van der Waals surface area contributed by atoms with Crippen molar-refractivity contribution < 1.29 is 22.4 Å². The maximum Gasteiger partial charge on any atom is 0.416 e. The summed E-state index contributed by atoms with van der Waals surface area (Å²) >= 11 is 0. The molecule has 0 aliphatic carbocycles. The van der Waals surface area contributed by atoms with Crippen LogP contribution in [-0.2, 0) is 17.6 Å². The molecule has 2 rings (SSSR count). The molecule has 1 heterocycles. The van der Waals surface area contributed by atoms with E-state index in [0.29, 0.717) is 6.07 Å². The van der Waals surface area contributed by atoms with E-state index >= 15 is 0 Å². The largest absolute Gasteiger partial charge is 0.416 e. The van der Waals surface area contributed by atoms with Crippen molar-refractivity contribution in [2.24, 2.45) is 0 Å². The molecule has 1 saturated heterocycles. The average molecular weight is 277 g/mol. The van der Waals surface area contributed by atoms with E-state index in [1.165, 1.54) is 0 Å². The van der Waals surface area contributed by atoms with Crippen LogP contribution in [0, 0.1) is 5.82 Å². The minimum absolute atomic E-state index is 0.0408. The van der Waals surface area contributed by atoms with Crippen LogP contribution in [0.4, 0.5) is 17.6 Å². The highest BCUT2D eigenvalue weighted by Crippen LogP contribution is 2.30. The molecule has 1 aromatic carbocycles. The van der Waals surface area contributed by atoms with Gasteiger partial charge in [-0.2, -0.15) is 18.2 Å². The zero-order valence-corrected chi connectivity index (χ0v) is 10.3. The summed E-state index contributed by atoms with van der Waals surface area (Å²) in [6.45, 7) is 1.49. The molecular weight excluding hydrogens is 262 g/mol. The lowest BCUT2D eigenvalue weighted by molar-refractivity contribution is -0.178. The SMILES string of the molecule is Fc1cc(CON2CCCCC2)cc(C(F)(F)F)c1. The summed E-state index contributed by atoms with van der Waals surface area (Å²) in [6.07, 6.45) is -1.38. The first-order valence-electron chi connectivity index (χ1n) is 6.20. The molecule has 0 aromatic heterocycles. The number of benzene rings is 1. The van der Waals surface area contributed by atoms with E-state index in [-0.39, 0.29) is 12.2 Å². The van der Waals surface area contributed by atoms with Crippen LogP contribution in [0.15, 0.2) is 18.2 Å². The highest BCUT2D eigenvalue weighted by molar-refractivity contribution is 5.26. The highest BCUT2D eigenvalue weighted by atomic mass is 19.4. The normalized spacial score (nSPS) is 17.7. The molecule has 0 N–H and O–H groups in total. The van der Waals surface area contributed by atoms with Crippen LogP contribution in [-0.4, -0.2) is 18.2 Å². The molecule has 0 radical (unpaired) electrons. The van der Waals surface area contributed by atoms with Gasteiger partial charge in [-0.25, -0.2) is 4.39 Å². The molecule has 2 nitrogen and oxygen atoms in total. The van der Waals surface area contributed by atoms with Crippen molar-refractivity contribution >= 4 is 0 Å². The topological polar surface area (TPSA) is 12.5 Å². The summed E-state index contributed by atoms with van der Waals surface area (Å²) in [4.78, 5) is 5.39. The summed E-state index contributed by atoms with van der Waals surface area (Å²) in [7, 11) is 0. The second kappa shape index (κ2) is 5.88. The Kier molecular flexibility index (Phi) is 4.42. The molecule has 0 saturated carbocycles. The van der Waals surface area contributed by atoms with E-state index in [1.807, 2.05) is 0 Å². The van der Waals surface area contributed by atoms with Crippen LogP contribution in [0.5, 0.6) is 0 Å². The Labute approximate surface area is 108 Å². The van der Waals surface area contributed by atoms with Crippen LogP contribution < -0.4 is 0 Å². The van der Waals surface area contributed by atoms with Crippen molar-refractivity contribution in [3.05, 3.63) is 35.1 Å². The Morgan fingerprint density at radius 1 is 1.05 bits per heavy atom. The minimum atomic E-state index is -4.54. The van der Waals surface area contributed by atoms with Gasteiger partial charge in [0.15, 0.2) is 0 Å². The number of hydrogen-bond acceptors (Lipinski definition) is 2. The molecule has 0 spiro atoms. The third-order valence-corrected chi connectivity index (χ3v) is 3.01. The first kappa shape index (κ1) is 14.3. The van der Waals surface area contributed by atoms with Gasteiger partial charge in [0, 0.05) is 13.1 Å². The second-order valence-corrected chi connectivity index (χ2v) is 4.61. The van der Waals surface area contributed by atoms with Gasteiger partial charge in [-0.1, -0.05) is 6.42 Å². The van der Waals surface area contributed by atoms with Gasteiger partial charge in [-0.15, -0.1) is 0 Å². The van der Waals surface area contributed by atoms with Gasteiger partial charge in [0.2, 0.25) is 0 Å². The molecule has 0 amide bonds. The Morgan fingerprint density at radius 2 is 1.74 bits per heavy atom. The number of alkyl halides is 3. The zero-order chi connectivity index (χ0) is 13.9. The molecule has 0 unspecified atom stereocenters. The van der Waals surface area contributed by atoms with Crippen LogP contribution in [0.1, 0.15) is 30.4 Å². The van der Waals surface area contributed by atoms with E-state index in [1.54, 1.807) is 5.06 Å². The Balaban J connectivity index is 2.01. The average Bonchev–Trinajstić information content (AvgIpc) is 2.36. The predicted octanol–water partition coefficient (Wildman–Crippen LogP) is 3.76. The smallest absolute Gasteiger partial charge is 0.294 e. The van der Waals surface area contributed by atoms with Crippen molar-refractivity contribution in [2.75, 3.05) is 13.1 Å². The third kappa shape index (κ3) is 4.18. The Hall–Kier alpha value is -1.14. The van der Waals surface area contributed by atoms with Gasteiger partial charge in [0.25, 0.3) is 0 Å². The van der Waals surface area contributed by atoms with Crippen LogP contribution in [0.2, 0.25) is 0 Å². The molecule has 0 bridgehead atoms. The maximum absolute atomic E-state index is 13.2. The first-order valence-corrected chi connectivity index (χ1v) is 6.20. The maximum atomic E-state index is 13.2. The quantitative estimate of drug-likeness (QED) is 0.780. The van der Waals surface area contributed by atoms with E-state index in [0.717, 1.165) is 44.5 Å². The molecule has 106 valence electrons. The molecule has 1 aliphatic rings. The first-order chi connectivity index (χ1) is 8.95. The van der Waals surface area contributed by atoms with E-state index in [2.05, 4.69) is 0 Å². The van der Waals surface area contributed by atoms with Gasteiger partial charge in [-0.3, -0.25) is 4.84 Å². The van der Waals surface area contributed by atoms with Crippen molar-refractivity contribution in [3.8, 4) is 0 Å². The fourth-order valence-corrected chi connectivity index (χ4v) is 2.06. The van der Waals surface area contributed by atoms with Gasteiger partial charge in [0.05, 0.1) is 12.2 Å². The van der Waals surface area contributed by atoms with Crippen molar-refractivity contribution in [1.82, 2.24) is 5.06 Å². The molecule has 1 aliphatic heterocycles. The number of nitrogens with zero attached hydrogens (tertiary/aromatic N) is 1. The lowest BCUT2D eigenvalue weighted by Gasteiger charge is -2.25. The van der Waals surface area contributed by atoms with Crippen LogP contribution in [0.25, 0.3) is 0 Å². The van der Waals surface area contributed by atoms with Gasteiger partial charge < -0.3 is 0 Å². The van der Waals surface area contributed by atoms with Gasteiger partial charge >= 0.3 is 6.18 Å². The fraction of sp³-hybridized carbons (Fsp3) is 0.538.